The molecule has 0 spiro atoms. The Kier molecular flexibility index (Phi) is 3.23. The summed E-state index contributed by atoms with van der Waals surface area (Å²) in [5.74, 6) is 0.710. The number of H-pyrrole nitrogens is 1. The van der Waals surface area contributed by atoms with Crippen LogP contribution in [0.3, 0.4) is 0 Å². The van der Waals surface area contributed by atoms with E-state index in [1.54, 1.807) is 23.3 Å². The summed E-state index contributed by atoms with van der Waals surface area (Å²) in [6, 6.07) is 0. The Bertz CT molecular complexity index is 728. The summed E-state index contributed by atoms with van der Waals surface area (Å²) in [5, 5.41) is 8.49. The Hall–Kier alpha value is -2.22. The van der Waals surface area contributed by atoms with Gasteiger partial charge in [-0.2, -0.15) is 5.10 Å². The van der Waals surface area contributed by atoms with Gasteiger partial charge >= 0.3 is 0 Å². The number of carbonyl (C=O) groups excluding carboxylic acids is 1. The van der Waals surface area contributed by atoms with Gasteiger partial charge in [0.2, 0.25) is 5.91 Å². The fourth-order valence-electron chi connectivity index (χ4n) is 1.98. The lowest BCUT2D eigenvalue weighted by atomic mass is 10.3. The van der Waals surface area contributed by atoms with Crippen molar-refractivity contribution >= 4 is 22.2 Å². The average Bonchev–Trinajstić information content (AvgIpc) is 3.09. The van der Waals surface area contributed by atoms with Gasteiger partial charge in [-0.25, -0.2) is 9.97 Å². The van der Waals surface area contributed by atoms with Crippen molar-refractivity contribution in [2.24, 2.45) is 0 Å². The minimum atomic E-state index is 0.0347. The largest absolute Gasteiger partial charge is 0.338 e. The summed E-state index contributed by atoms with van der Waals surface area (Å²) >= 11 is 1.55. The Balaban J connectivity index is 1.71. The molecule has 3 aromatic rings. The summed E-state index contributed by atoms with van der Waals surface area (Å²) in [4.78, 5) is 23.2. The zero-order valence-electron chi connectivity index (χ0n) is 11.2. The van der Waals surface area contributed by atoms with Crippen LogP contribution in [-0.4, -0.2) is 42.4 Å². The molecule has 0 aliphatic rings. The Morgan fingerprint density at radius 3 is 3.15 bits per heavy atom. The predicted octanol–water partition coefficient (Wildman–Crippen LogP) is 1.02. The minimum Gasteiger partial charge on any atom is -0.338 e. The third-order valence-electron chi connectivity index (χ3n) is 3.01. The molecule has 3 rings (SSSR count). The molecular weight excluding hydrogens is 276 g/mol. The number of aromatic amines is 1. The number of nitrogens with one attached hydrogen (secondary N) is 1. The second kappa shape index (κ2) is 5.04. The molecule has 0 fully saturated rings. The third kappa shape index (κ3) is 2.42. The van der Waals surface area contributed by atoms with Crippen LogP contribution in [0.2, 0.25) is 0 Å². The second-order valence-electron chi connectivity index (χ2n) is 4.62. The second-order valence-corrected chi connectivity index (χ2v) is 5.46. The topological polar surface area (TPSA) is 79.2 Å². The van der Waals surface area contributed by atoms with Crippen LogP contribution in [0.5, 0.6) is 0 Å². The molecule has 0 aromatic carbocycles. The van der Waals surface area contributed by atoms with Gasteiger partial charge in [-0.15, -0.1) is 11.3 Å². The highest BCUT2D eigenvalue weighted by molar-refractivity contribution is 7.15. The molecule has 104 valence electrons. The number of rotatable bonds is 4. The smallest absolute Gasteiger partial charge is 0.228 e. The van der Waals surface area contributed by atoms with Gasteiger partial charge in [0.1, 0.15) is 12.2 Å². The van der Waals surface area contributed by atoms with E-state index in [1.807, 2.05) is 22.9 Å². The third-order valence-corrected chi connectivity index (χ3v) is 3.90. The molecule has 8 heteroatoms. The van der Waals surface area contributed by atoms with Crippen molar-refractivity contribution in [1.29, 1.82) is 0 Å². The molecule has 1 amide bonds. The van der Waals surface area contributed by atoms with Gasteiger partial charge in [0.25, 0.3) is 0 Å². The van der Waals surface area contributed by atoms with Gasteiger partial charge < -0.3 is 4.90 Å². The molecule has 0 bridgehead atoms. The molecular formula is C12H14N6OS. The van der Waals surface area contributed by atoms with Gasteiger partial charge in [-0.1, -0.05) is 0 Å². The molecule has 3 aromatic heterocycles. The number of nitrogens with zero attached hydrogens (tertiary/aromatic N) is 5. The molecule has 0 aliphatic heterocycles. The van der Waals surface area contributed by atoms with E-state index < -0.39 is 0 Å². The quantitative estimate of drug-likeness (QED) is 0.778. The number of hydrogen-bond acceptors (Lipinski definition) is 5. The summed E-state index contributed by atoms with van der Waals surface area (Å²) in [6.07, 6.45) is 3.73. The van der Waals surface area contributed by atoms with Crippen molar-refractivity contribution in [2.45, 2.75) is 19.9 Å². The van der Waals surface area contributed by atoms with Gasteiger partial charge in [-0.3, -0.25) is 14.3 Å². The first-order valence-corrected chi connectivity index (χ1v) is 7.01. The van der Waals surface area contributed by atoms with Crippen molar-refractivity contribution in [3.8, 4) is 0 Å². The molecule has 0 radical (unpaired) electrons. The monoisotopic (exact) mass is 290 g/mol. The van der Waals surface area contributed by atoms with Crippen LogP contribution in [-0.2, 0) is 17.8 Å². The van der Waals surface area contributed by atoms with Gasteiger partial charge in [0, 0.05) is 24.3 Å². The normalized spacial score (nSPS) is 11.1. The maximum absolute atomic E-state index is 12.2. The van der Waals surface area contributed by atoms with Crippen LogP contribution in [0.4, 0.5) is 0 Å². The highest BCUT2D eigenvalue weighted by atomic mass is 32.1. The van der Waals surface area contributed by atoms with Gasteiger partial charge in [-0.05, 0) is 6.92 Å². The van der Waals surface area contributed by atoms with Crippen LogP contribution in [0, 0.1) is 6.92 Å². The summed E-state index contributed by atoms with van der Waals surface area (Å²) in [5.41, 5.74) is 1.92. The molecule has 0 atom stereocenters. The summed E-state index contributed by atoms with van der Waals surface area (Å²) in [6.45, 7) is 2.37. The molecule has 0 unspecified atom stereocenters. The van der Waals surface area contributed by atoms with E-state index in [4.69, 9.17) is 0 Å². The maximum atomic E-state index is 12.2. The van der Waals surface area contributed by atoms with Crippen molar-refractivity contribution in [3.63, 3.8) is 0 Å². The summed E-state index contributed by atoms with van der Waals surface area (Å²) in [7, 11) is 1.76. The van der Waals surface area contributed by atoms with E-state index in [9.17, 15) is 4.79 Å². The van der Waals surface area contributed by atoms with Gasteiger partial charge in [0.15, 0.2) is 4.96 Å². The number of likely N-dealkylation sites (N-methyl/N-ethyl adjacent to an activating group) is 1. The lowest BCUT2D eigenvalue weighted by molar-refractivity contribution is -0.129. The van der Waals surface area contributed by atoms with Crippen molar-refractivity contribution < 1.29 is 4.79 Å². The first-order valence-electron chi connectivity index (χ1n) is 6.14. The highest BCUT2D eigenvalue weighted by Crippen LogP contribution is 2.17. The van der Waals surface area contributed by atoms with E-state index in [2.05, 4.69) is 20.2 Å². The fraction of sp³-hybridized carbons (Fsp3) is 0.333. The molecule has 20 heavy (non-hydrogen) atoms. The van der Waals surface area contributed by atoms with E-state index in [1.165, 1.54) is 6.33 Å². The Labute approximate surface area is 119 Å². The summed E-state index contributed by atoms with van der Waals surface area (Å²) < 4.78 is 1.97. The van der Waals surface area contributed by atoms with Crippen LogP contribution >= 0.6 is 11.3 Å². The van der Waals surface area contributed by atoms with Crippen LogP contribution < -0.4 is 0 Å². The lowest BCUT2D eigenvalue weighted by Crippen LogP contribution is -2.28. The van der Waals surface area contributed by atoms with E-state index >= 15 is 0 Å². The first-order chi connectivity index (χ1) is 9.63. The number of fused-ring (bicyclic) bond motifs is 1. The number of imidazole rings is 1. The molecule has 7 nitrogen and oxygen atoms in total. The Morgan fingerprint density at radius 1 is 1.55 bits per heavy atom. The number of thiazole rings is 1. The van der Waals surface area contributed by atoms with Gasteiger partial charge in [0.05, 0.1) is 18.7 Å². The van der Waals surface area contributed by atoms with E-state index in [0.717, 1.165) is 16.3 Å². The number of hydrogen-bond donors (Lipinski definition) is 1. The minimum absolute atomic E-state index is 0.0347. The Morgan fingerprint density at radius 2 is 2.40 bits per heavy atom. The number of aryl methyl sites for hydroxylation is 1. The molecule has 3 heterocycles. The fourth-order valence-corrected chi connectivity index (χ4v) is 2.90. The van der Waals surface area contributed by atoms with Crippen molar-refractivity contribution in [2.75, 3.05) is 7.05 Å². The standard InChI is InChI=1S/C12H14N6OS/c1-8-4-18-9(6-20-12(18)15-8)3-11(19)17(2)5-10-13-7-14-16-10/h4,6-7H,3,5H2,1-2H3,(H,13,14,16). The number of carbonyl (C=O) groups is 1. The zero-order valence-corrected chi connectivity index (χ0v) is 12.0. The van der Waals surface area contributed by atoms with E-state index in [0.29, 0.717) is 18.8 Å². The average molecular weight is 290 g/mol. The molecule has 0 aliphatic carbocycles. The van der Waals surface area contributed by atoms with Crippen LogP contribution in [0.25, 0.3) is 4.96 Å². The SMILES string of the molecule is Cc1cn2c(CC(=O)N(C)Cc3ncn[nH]3)csc2n1. The van der Waals surface area contributed by atoms with Crippen LogP contribution in [0.1, 0.15) is 17.2 Å². The van der Waals surface area contributed by atoms with E-state index in [-0.39, 0.29) is 5.91 Å². The number of amides is 1. The highest BCUT2D eigenvalue weighted by Gasteiger charge is 2.15. The number of aromatic nitrogens is 5. The molecule has 0 saturated heterocycles. The zero-order chi connectivity index (χ0) is 14.1. The first kappa shape index (κ1) is 12.8. The maximum Gasteiger partial charge on any atom is 0.228 e. The van der Waals surface area contributed by atoms with Crippen LogP contribution in [0.15, 0.2) is 17.9 Å². The molecule has 0 saturated carbocycles. The van der Waals surface area contributed by atoms with Crippen molar-refractivity contribution in [1.82, 2.24) is 29.5 Å². The van der Waals surface area contributed by atoms with Crippen molar-refractivity contribution in [3.05, 3.63) is 35.1 Å². The lowest BCUT2D eigenvalue weighted by Gasteiger charge is -2.15. The molecule has 1 N–H and O–H groups in total. The predicted molar refractivity (Wildman–Crippen MR) is 74.4 cm³/mol.